The van der Waals surface area contributed by atoms with Gasteiger partial charge in [0.1, 0.15) is 34.5 Å². The molecule has 3 aromatic rings. The van der Waals surface area contributed by atoms with Gasteiger partial charge in [-0.1, -0.05) is 6.08 Å². The van der Waals surface area contributed by atoms with Gasteiger partial charge in [0.25, 0.3) is 0 Å². The number of furan rings is 1. The number of ether oxygens (including phenoxy) is 1. The third kappa shape index (κ3) is 2.54. The lowest BCUT2D eigenvalue weighted by Crippen LogP contribution is -2.08. The highest BCUT2D eigenvalue weighted by atomic mass is 16.5. The summed E-state index contributed by atoms with van der Waals surface area (Å²) in [5.74, 6) is -0.599. The normalized spacial score (nSPS) is 10.5. The molecule has 2 aromatic heterocycles. The predicted octanol–water partition coefficient (Wildman–Crippen LogP) is 2.96. The average Bonchev–Trinajstić information content (AvgIpc) is 3.12. The number of ketones is 1. The minimum Gasteiger partial charge on any atom is -0.507 e. The van der Waals surface area contributed by atoms with Gasteiger partial charge in [0.2, 0.25) is 5.78 Å². The lowest BCUT2D eigenvalue weighted by molar-refractivity contribution is 0.103. The fourth-order valence-electron chi connectivity index (χ4n) is 2.81. The van der Waals surface area contributed by atoms with E-state index in [1.54, 1.807) is 12.1 Å². The molecular formula is C19H15N3O4. The van der Waals surface area contributed by atoms with Gasteiger partial charge in [-0.3, -0.25) is 4.79 Å². The lowest BCUT2D eigenvalue weighted by atomic mass is 9.95. The Morgan fingerprint density at radius 3 is 3.00 bits per heavy atom. The molecule has 0 saturated carbocycles. The van der Waals surface area contributed by atoms with E-state index >= 15 is 0 Å². The van der Waals surface area contributed by atoms with Crippen molar-refractivity contribution in [3.05, 3.63) is 59.5 Å². The maximum absolute atomic E-state index is 13.1. The highest BCUT2D eigenvalue weighted by Gasteiger charge is 2.27. The second-order valence-electron chi connectivity index (χ2n) is 5.49. The number of methoxy groups -OCH3 is 1. The molecule has 130 valence electrons. The Labute approximate surface area is 148 Å². The molecule has 3 rings (SSSR count). The number of carbonyl (C=O) groups is 1. The van der Waals surface area contributed by atoms with E-state index in [2.05, 4.69) is 11.6 Å². The zero-order valence-electron chi connectivity index (χ0n) is 13.9. The molecule has 0 bridgehead atoms. The first-order chi connectivity index (χ1) is 12.5. The van der Waals surface area contributed by atoms with Crippen LogP contribution in [-0.2, 0) is 6.42 Å². The number of allylic oxidation sites excluding steroid dienone is 1. The first kappa shape index (κ1) is 17.0. The number of anilines is 1. The molecule has 0 fully saturated rings. The number of nitrogen functional groups attached to an aromatic ring is 1. The van der Waals surface area contributed by atoms with Gasteiger partial charge in [0.05, 0.1) is 24.3 Å². The summed E-state index contributed by atoms with van der Waals surface area (Å²) in [5, 5.41) is 20.4. The number of phenolic OH excluding ortho intramolecular Hbond substituents is 1. The zero-order valence-corrected chi connectivity index (χ0v) is 13.9. The quantitative estimate of drug-likeness (QED) is 0.536. The molecule has 1 aromatic carbocycles. The van der Waals surface area contributed by atoms with Crippen LogP contribution in [0.1, 0.15) is 27.0 Å². The van der Waals surface area contributed by atoms with Gasteiger partial charge in [0, 0.05) is 17.3 Å². The molecule has 0 aliphatic heterocycles. The van der Waals surface area contributed by atoms with E-state index in [4.69, 9.17) is 20.1 Å². The number of aromatic hydroxyl groups is 1. The number of nitrogens with two attached hydrogens (primary N) is 1. The molecule has 2 heterocycles. The van der Waals surface area contributed by atoms with E-state index in [0.29, 0.717) is 23.0 Å². The Morgan fingerprint density at radius 1 is 1.58 bits per heavy atom. The number of benzene rings is 1. The maximum atomic E-state index is 13.1. The standard InChI is InChI=1S/C19H15N3O4/c1-3-4-12-16(24)14(18(25-2)13-5-6-26-17(12)13)15(23)11-7-10(8-20)19(21)22-9-11/h3,5-7,9,24H,1,4H2,2H3,(H2,21,22). The van der Waals surface area contributed by atoms with Gasteiger partial charge >= 0.3 is 0 Å². The molecule has 7 nitrogen and oxygen atoms in total. The van der Waals surface area contributed by atoms with Crippen molar-refractivity contribution in [1.82, 2.24) is 4.98 Å². The maximum Gasteiger partial charge on any atom is 0.202 e. The molecule has 0 aliphatic carbocycles. The minimum atomic E-state index is -0.545. The largest absolute Gasteiger partial charge is 0.507 e. The summed E-state index contributed by atoms with van der Waals surface area (Å²) in [6.07, 6.45) is 4.59. The van der Waals surface area contributed by atoms with Crippen LogP contribution >= 0.6 is 0 Å². The van der Waals surface area contributed by atoms with Crippen molar-refractivity contribution in [1.29, 1.82) is 5.26 Å². The average molecular weight is 349 g/mol. The van der Waals surface area contributed by atoms with Crippen molar-refractivity contribution < 1.29 is 19.1 Å². The molecular weight excluding hydrogens is 334 g/mol. The molecule has 0 unspecified atom stereocenters. The summed E-state index contributed by atoms with van der Waals surface area (Å²) in [6.45, 7) is 3.67. The molecule has 0 amide bonds. The van der Waals surface area contributed by atoms with E-state index in [9.17, 15) is 9.90 Å². The van der Waals surface area contributed by atoms with E-state index < -0.39 is 5.78 Å². The van der Waals surface area contributed by atoms with Crippen LogP contribution < -0.4 is 10.5 Å². The number of hydrogen-bond donors (Lipinski definition) is 2. The van der Waals surface area contributed by atoms with Gasteiger partial charge in [-0.25, -0.2) is 4.98 Å². The first-order valence-corrected chi connectivity index (χ1v) is 7.63. The fraction of sp³-hybridized carbons (Fsp3) is 0.105. The smallest absolute Gasteiger partial charge is 0.202 e. The summed E-state index contributed by atoms with van der Waals surface area (Å²) in [6, 6.07) is 4.86. The van der Waals surface area contributed by atoms with E-state index in [0.717, 1.165) is 0 Å². The predicted molar refractivity (Wildman–Crippen MR) is 95.1 cm³/mol. The number of fused-ring (bicyclic) bond motifs is 1. The van der Waals surface area contributed by atoms with Crippen molar-refractivity contribution >= 4 is 22.6 Å². The van der Waals surface area contributed by atoms with E-state index in [1.165, 1.54) is 25.6 Å². The molecule has 0 saturated heterocycles. The van der Waals surface area contributed by atoms with Crippen LogP contribution in [0.5, 0.6) is 11.5 Å². The van der Waals surface area contributed by atoms with Crippen LogP contribution in [0.3, 0.4) is 0 Å². The Hall–Kier alpha value is -3.79. The Bertz CT molecular complexity index is 1080. The lowest BCUT2D eigenvalue weighted by Gasteiger charge is -2.14. The minimum absolute atomic E-state index is 0.0258. The zero-order chi connectivity index (χ0) is 18.8. The fourth-order valence-corrected chi connectivity index (χ4v) is 2.81. The summed E-state index contributed by atoms with van der Waals surface area (Å²) in [5.41, 5.74) is 6.60. The van der Waals surface area contributed by atoms with Crippen molar-refractivity contribution in [2.75, 3.05) is 12.8 Å². The number of pyridine rings is 1. The van der Waals surface area contributed by atoms with Crippen LogP contribution in [0, 0.1) is 11.3 Å². The third-order valence-electron chi connectivity index (χ3n) is 4.01. The van der Waals surface area contributed by atoms with Crippen LogP contribution in [0.4, 0.5) is 5.82 Å². The Kier molecular flexibility index (Phi) is 4.33. The second-order valence-corrected chi connectivity index (χ2v) is 5.49. The molecule has 0 atom stereocenters. The summed E-state index contributed by atoms with van der Waals surface area (Å²) in [7, 11) is 1.40. The van der Waals surface area contributed by atoms with Gasteiger partial charge in [-0.15, -0.1) is 6.58 Å². The summed E-state index contributed by atoms with van der Waals surface area (Å²) in [4.78, 5) is 16.9. The highest BCUT2D eigenvalue weighted by molar-refractivity contribution is 6.16. The SMILES string of the molecule is C=CCc1c(O)c(C(=O)c2cnc(N)c(C#N)c2)c(OC)c2ccoc12. The summed E-state index contributed by atoms with van der Waals surface area (Å²) < 4.78 is 10.8. The molecule has 0 spiro atoms. The molecule has 7 heteroatoms. The number of aromatic nitrogens is 1. The number of rotatable bonds is 5. The van der Waals surface area contributed by atoms with Crippen LogP contribution in [0.15, 0.2) is 41.7 Å². The second kappa shape index (κ2) is 6.61. The number of hydrogen-bond acceptors (Lipinski definition) is 7. The number of nitriles is 1. The molecule has 0 radical (unpaired) electrons. The van der Waals surface area contributed by atoms with Crippen molar-refractivity contribution in [2.24, 2.45) is 0 Å². The van der Waals surface area contributed by atoms with E-state index in [-0.39, 0.29) is 34.0 Å². The highest BCUT2D eigenvalue weighted by Crippen LogP contribution is 2.42. The third-order valence-corrected chi connectivity index (χ3v) is 4.01. The van der Waals surface area contributed by atoms with Gasteiger partial charge < -0.3 is 20.0 Å². The van der Waals surface area contributed by atoms with Crippen molar-refractivity contribution in [3.63, 3.8) is 0 Å². The topological polar surface area (TPSA) is 122 Å². The number of carbonyl (C=O) groups excluding carboxylic acids is 1. The Morgan fingerprint density at radius 2 is 2.35 bits per heavy atom. The summed E-state index contributed by atoms with van der Waals surface area (Å²) >= 11 is 0. The Balaban J connectivity index is 2.30. The van der Waals surface area contributed by atoms with Gasteiger partial charge in [-0.2, -0.15) is 5.26 Å². The molecule has 3 N–H and O–H groups in total. The molecule has 0 aliphatic rings. The van der Waals surface area contributed by atoms with E-state index in [1.807, 2.05) is 6.07 Å². The van der Waals surface area contributed by atoms with Crippen LogP contribution in [0.25, 0.3) is 11.0 Å². The van der Waals surface area contributed by atoms with Crippen LogP contribution in [0.2, 0.25) is 0 Å². The van der Waals surface area contributed by atoms with Crippen molar-refractivity contribution in [2.45, 2.75) is 6.42 Å². The molecule has 26 heavy (non-hydrogen) atoms. The van der Waals surface area contributed by atoms with Gasteiger partial charge in [0.15, 0.2) is 0 Å². The van der Waals surface area contributed by atoms with Crippen LogP contribution in [-0.4, -0.2) is 23.0 Å². The van der Waals surface area contributed by atoms with Crippen molar-refractivity contribution in [3.8, 4) is 17.6 Å². The number of phenols is 1. The first-order valence-electron chi connectivity index (χ1n) is 7.63. The van der Waals surface area contributed by atoms with Gasteiger partial charge in [-0.05, 0) is 18.6 Å². The monoisotopic (exact) mass is 349 g/mol. The number of nitrogens with zero attached hydrogens (tertiary/aromatic N) is 2.